The maximum Gasteiger partial charge on any atom is 0.138 e. The van der Waals surface area contributed by atoms with E-state index < -0.39 is 11.5 Å². The lowest BCUT2D eigenvalue weighted by atomic mass is 9.92. The molecular formula is C13H18ClF2NO. The van der Waals surface area contributed by atoms with E-state index in [1.54, 1.807) is 6.07 Å². The molecule has 1 unspecified atom stereocenters. The zero-order valence-corrected chi connectivity index (χ0v) is 11.1. The van der Waals surface area contributed by atoms with E-state index in [0.29, 0.717) is 13.0 Å². The molecule has 0 saturated heterocycles. The Morgan fingerprint density at radius 3 is 2.72 bits per heavy atom. The topological polar surface area (TPSA) is 35.2 Å². The van der Waals surface area contributed by atoms with Crippen molar-refractivity contribution < 1.29 is 13.5 Å². The van der Waals surface area contributed by atoms with Gasteiger partial charge in [0.2, 0.25) is 0 Å². The molecule has 2 N–H and O–H groups in total. The lowest BCUT2D eigenvalue weighted by Crippen LogP contribution is -2.33. The Balaban J connectivity index is 2.88. The van der Waals surface area contributed by atoms with Gasteiger partial charge in [0.15, 0.2) is 0 Å². The Morgan fingerprint density at radius 1 is 1.44 bits per heavy atom. The molecule has 0 radical (unpaired) electrons. The highest BCUT2D eigenvalue weighted by molar-refractivity contribution is 6.31. The van der Waals surface area contributed by atoms with Gasteiger partial charge in [-0.05, 0) is 31.5 Å². The highest BCUT2D eigenvalue weighted by atomic mass is 35.5. The number of nitrogens with two attached hydrogens (primary N) is 1. The minimum Gasteiger partial charge on any atom is -0.381 e. The van der Waals surface area contributed by atoms with E-state index in [4.69, 9.17) is 22.1 Å². The summed E-state index contributed by atoms with van der Waals surface area (Å²) in [4.78, 5) is 0. The van der Waals surface area contributed by atoms with Gasteiger partial charge in [-0.2, -0.15) is 0 Å². The lowest BCUT2D eigenvalue weighted by Gasteiger charge is -2.25. The van der Waals surface area contributed by atoms with Crippen molar-refractivity contribution in [2.75, 3.05) is 20.3 Å². The molecule has 0 fully saturated rings. The lowest BCUT2D eigenvalue weighted by molar-refractivity contribution is 0.0329. The van der Waals surface area contributed by atoms with Gasteiger partial charge in [0.25, 0.3) is 0 Å². The van der Waals surface area contributed by atoms with Gasteiger partial charge >= 0.3 is 0 Å². The molecule has 0 heterocycles. The first kappa shape index (κ1) is 15.3. The molecule has 5 heteroatoms. The van der Waals surface area contributed by atoms with Gasteiger partial charge in [-0.3, -0.25) is 0 Å². The third-order valence-electron chi connectivity index (χ3n) is 2.79. The van der Waals surface area contributed by atoms with E-state index in [-0.39, 0.29) is 30.0 Å². The second-order valence-corrected chi connectivity index (χ2v) is 4.76. The van der Waals surface area contributed by atoms with Crippen LogP contribution >= 0.6 is 11.6 Å². The smallest absolute Gasteiger partial charge is 0.138 e. The molecule has 0 aromatic heterocycles. The number of methoxy groups -OCH3 is 1. The van der Waals surface area contributed by atoms with Gasteiger partial charge in [-0.25, -0.2) is 8.78 Å². The molecule has 0 aliphatic carbocycles. The van der Waals surface area contributed by atoms with Gasteiger partial charge in [-0.15, -0.1) is 0 Å². The second-order valence-electron chi connectivity index (χ2n) is 4.35. The van der Waals surface area contributed by atoms with Gasteiger partial charge < -0.3 is 10.5 Å². The Hall–Kier alpha value is -0.710. The van der Waals surface area contributed by atoms with Crippen molar-refractivity contribution >= 4 is 11.6 Å². The van der Waals surface area contributed by atoms with Crippen molar-refractivity contribution in [1.82, 2.24) is 0 Å². The number of rotatable bonds is 7. The molecule has 0 amide bonds. The molecule has 0 bridgehead atoms. The first-order valence-corrected chi connectivity index (χ1v) is 6.21. The fourth-order valence-electron chi connectivity index (χ4n) is 1.91. The molecule has 0 aliphatic heterocycles. The van der Waals surface area contributed by atoms with E-state index in [0.717, 1.165) is 0 Å². The summed E-state index contributed by atoms with van der Waals surface area (Å²) in [6.45, 7) is 0.290. The van der Waals surface area contributed by atoms with Gasteiger partial charge in [0, 0.05) is 24.1 Å². The Bertz CT molecular complexity index is 369. The van der Waals surface area contributed by atoms with Crippen LogP contribution in [0.3, 0.4) is 0 Å². The summed E-state index contributed by atoms with van der Waals surface area (Å²) >= 11 is 5.90. The molecule has 1 rings (SSSR count). The van der Waals surface area contributed by atoms with Crippen LogP contribution in [0.25, 0.3) is 0 Å². The minimum atomic E-state index is -1.64. The van der Waals surface area contributed by atoms with Crippen LogP contribution < -0.4 is 5.73 Å². The summed E-state index contributed by atoms with van der Waals surface area (Å²) in [5, 5.41) is 0.237. The highest BCUT2D eigenvalue weighted by Gasteiger charge is 2.31. The summed E-state index contributed by atoms with van der Waals surface area (Å²) in [5.74, 6) is -0.492. The van der Waals surface area contributed by atoms with Crippen molar-refractivity contribution in [3.63, 3.8) is 0 Å². The van der Waals surface area contributed by atoms with Crippen LogP contribution in [0.4, 0.5) is 8.78 Å². The van der Waals surface area contributed by atoms with Crippen molar-refractivity contribution in [3.8, 4) is 0 Å². The predicted octanol–water partition coefficient (Wildman–Crippen LogP) is 3.12. The maximum atomic E-state index is 14.6. The Morgan fingerprint density at radius 2 is 2.17 bits per heavy atom. The number of alkyl halides is 1. The largest absolute Gasteiger partial charge is 0.381 e. The average molecular weight is 278 g/mol. The SMILES string of the molecule is COCC(F)(CCCN)Cc1c(F)cccc1Cl. The van der Waals surface area contributed by atoms with E-state index in [2.05, 4.69) is 0 Å². The average Bonchev–Trinajstić information content (AvgIpc) is 2.32. The number of halogens is 3. The maximum absolute atomic E-state index is 14.6. The van der Waals surface area contributed by atoms with Crippen LogP contribution in [0.5, 0.6) is 0 Å². The molecule has 0 saturated carbocycles. The van der Waals surface area contributed by atoms with Crippen LogP contribution in [0.15, 0.2) is 18.2 Å². The van der Waals surface area contributed by atoms with Crippen LogP contribution in [0.1, 0.15) is 18.4 Å². The fraction of sp³-hybridized carbons (Fsp3) is 0.538. The molecule has 102 valence electrons. The Kier molecular flexibility index (Phi) is 5.99. The van der Waals surface area contributed by atoms with Crippen LogP contribution in [0, 0.1) is 5.82 Å². The summed E-state index contributed by atoms with van der Waals surface area (Å²) in [5.41, 5.74) is 3.93. The molecule has 0 aliphatic rings. The van der Waals surface area contributed by atoms with Crippen molar-refractivity contribution in [2.45, 2.75) is 24.9 Å². The molecule has 18 heavy (non-hydrogen) atoms. The minimum absolute atomic E-state index is 0.0995. The zero-order chi connectivity index (χ0) is 13.6. The van der Waals surface area contributed by atoms with Crippen LogP contribution in [-0.2, 0) is 11.2 Å². The van der Waals surface area contributed by atoms with E-state index in [1.165, 1.54) is 19.2 Å². The standard InChI is InChI=1S/C13H18ClF2NO/c1-18-9-13(16,6-3-7-17)8-10-11(14)4-2-5-12(10)15/h2,4-5H,3,6-9,17H2,1H3. The molecule has 1 aromatic rings. The summed E-state index contributed by atoms with van der Waals surface area (Å²) in [7, 11) is 1.42. The molecule has 1 atom stereocenters. The van der Waals surface area contributed by atoms with E-state index >= 15 is 0 Å². The monoisotopic (exact) mass is 277 g/mol. The molecular weight excluding hydrogens is 260 g/mol. The zero-order valence-electron chi connectivity index (χ0n) is 10.4. The van der Waals surface area contributed by atoms with Crippen molar-refractivity contribution in [1.29, 1.82) is 0 Å². The predicted molar refractivity (Wildman–Crippen MR) is 69.1 cm³/mol. The summed E-state index contributed by atoms with van der Waals surface area (Å²) in [6, 6.07) is 4.32. The molecule has 1 aromatic carbocycles. The second kappa shape index (κ2) is 7.02. The third-order valence-corrected chi connectivity index (χ3v) is 3.14. The highest BCUT2D eigenvalue weighted by Crippen LogP contribution is 2.29. The van der Waals surface area contributed by atoms with E-state index in [1.807, 2.05) is 0 Å². The quantitative estimate of drug-likeness (QED) is 0.831. The van der Waals surface area contributed by atoms with E-state index in [9.17, 15) is 8.78 Å². The van der Waals surface area contributed by atoms with Crippen molar-refractivity contribution in [2.24, 2.45) is 5.73 Å². The number of ether oxygens (including phenoxy) is 1. The number of benzene rings is 1. The summed E-state index contributed by atoms with van der Waals surface area (Å²) in [6.07, 6.45) is 0.639. The third kappa shape index (κ3) is 4.19. The van der Waals surface area contributed by atoms with Crippen LogP contribution in [-0.4, -0.2) is 25.9 Å². The Labute approximate surface area is 111 Å². The van der Waals surface area contributed by atoms with Crippen molar-refractivity contribution in [3.05, 3.63) is 34.6 Å². The van der Waals surface area contributed by atoms with Gasteiger partial charge in [0.1, 0.15) is 11.5 Å². The number of hydrogen-bond donors (Lipinski definition) is 1. The van der Waals surface area contributed by atoms with Gasteiger partial charge in [-0.1, -0.05) is 17.7 Å². The molecule has 0 spiro atoms. The fourth-order valence-corrected chi connectivity index (χ4v) is 2.14. The van der Waals surface area contributed by atoms with Crippen LogP contribution in [0.2, 0.25) is 5.02 Å². The van der Waals surface area contributed by atoms with Gasteiger partial charge in [0.05, 0.1) is 6.61 Å². The first-order chi connectivity index (χ1) is 8.52. The molecule has 2 nitrogen and oxygen atoms in total. The summed E-state index contributed by atoms with van der Waals surface area (Å²) < 4.78 is 33.1. The number of hydrogen-bond acceptors (Lipinski definition) is 2. The normalized spacial score (nSPS) is 14.5. The first-order valence-electron chi connectivity index (χ1n) is 5.83.